The number of ether oxygens (including phenoxy) is 1. The molecular weight excluding hydrogens is 372 g/mol. The maximum atomic E-state index is 12.7. The Balaban J connectivity index is 1.24. The van der Waals surface area contributed by atoms with E-state index in [-0.39, 0.29) is 18.1 Å². The van der Waals surface area contributed by atoms with Crippen molar-refractivity contribution in [3.05, 3.63) is 46.5 Å². The minimum atomic E-state index is 0.0398. The SMILES string of the molecule is O=C(N[C@H]1C[C@H]2CN(Cc3ccoc3)C[C@H]2C[C@@H]1OCC1CC1)c1ccsc1. The third-order valence-electron chi connectivity index (χ3n) is 6.52. The zero-order chi connectivity index (χ0) is 18.9. The molecule has 2 aromatic rings. The Morgan fingerprint density at radius 3 is 2.82 bits per heavy atom. The number of furan rings is 1. The summed E-state index contributed by atoms with van der Waals surface area (Å²) in [4.78, 5) is 15.2. The number of fused-ring (bicyclic) bond motifs is 1. The summed E-state index contributed by atoms with van der Waals surface area (Å²) < 4.78 is 11.6. The Morgan fingerprint density at radius 1 is 1.25 bits per heavy atom. The predicted octanol–water partition coefficient (Wildman–Crippen LogP) is 3.78. The normalized spacial score (nSPS) is 30.3. The van der Waals surface area contributed by atoms with Crippen molar-refractivity contribution in [2.45, 2.75) is 44.4 Å². The van der Waals surface area contributed by atoms with Crippen LogP contribution in [-0.2, 0) is 11.3 Å². The minimum Gasteiger partial charge on any atom is -0.472 e. The monoisotopic (exact) mass is 400 g/mol. The molecule has 1 aliphatic heterocycles. The summed E-state index contributed by atoms with van der Waals surface area (Å²) in [5, 5.41) is 7.17. The second-order valence-electron chi connectivity index (χ2n) is 8.72. The molecule has 2 aliphatic carbocycles. The van der Waals surface area contributed by atoms with Crippen LogP contribution < -0.4 is 5.32 Å². The van der Waals surface area contributed by atoms with Crippen molar-refractivity contribution < 1.29 is 13.9 Å². The van der Waals surface area contributed by atoms with Crippen LogP contribution in [0.15, 0.2) is 39.8 Å². The lowest BCUT2D eigenvalue weighted by atomic mass is 9.77. The van der Waals surface area contributed by atoms with Crippen LogP contribution in [-0.4, -0.2) is 42.6 Å². The second kappa shape index (κ2) is 8.01. The maximum Gasteiger partial charge on any atom is 0.252 e. The van der Waals surface area contributed by atoms with Gasteiger partial charge in [-0.05, 0) is 60.9 Å². The predicted molar refractivity (Wildman–Crippen MR) is 108 cm³/mol. The molecule has 0 aromatic carbocycles. The van der Waals surface area contributed by atoms with Gasteiger partial charge in [-0.25, -0.2) is 0 Å². The molecule has 2 saturated carbocycles. The lowest BCUT2D eigenvalue weighted by Crippen LogP contribution is -2.50. The smallest absolute Gasteiger partial charge is 0.252 e. The fraction of sp³-hybridized carbons (Fsp3) is 0.591. The van der Waals surface area contributed by atoms with E-state index < -0.39 is 0 Å². The Labute approximate surface area is 170 Å². The van der Waals surface area contributed by atoms with Gasteiger partial charge in [0.1, 0.15) is 0 Å². The van der Waals surface area contributed by atoms with Gasteiger partial charge < -0.3 is 14.5 Å². The number of rotatable bonds is 7. The molecule has 3 aliphatic rings. The number of hydrogen-bond donors (Lipinski definition) is 1. The maximum absolute atomic E-state index is 12.7. The van der Waals surface area contributed by atoms with Crippen LogP contribution in [0.2, 0.25) is 0 Å². The number of nitrogens with zero attached hydrogens (tertiary/aromatic N) is 1. The topological polar surface area (TPSA) is 54.7 Å². The molecule has 0 bridgehead atoms. The molecule has 28 heavy (non-hydrogen) atoms. The van der Waals surface area contributed by atoms with Crippen LogP contribution in [0, 0.1) is 17.8 Å². The Morgan fingerprint density at radius 2 is 2.11 bits per heavy atom. The third kappa shape index (κ3) is 4.19. The highest BCUT2D eigenvalue weighted by Crippen LogP contribution is 2.39. The summed E-state index contributed by atoms with van der Waals surface area (Å²) in [6, 6.07) is 4.06. The van der Waals surface area contributed by atoms with Gasteiger partial charge in [-0.2, -0.15) is 11.3 Å². The van der Waals surface area contributed by atoms with E-state index in [0.717, 1.165) is 50.6 Å². The fourth-order valence-electron chi connectivity index (χ4n) is 4.81. The number of amides is 1. The Kier molecular flexibility index (Phi) is 5.26. The molecule has 4 atom stereocenters. The van der Waals surface area contributed by atoms with Gasteiger partial charge in [-0.3, -0.25) is 9.69 Å². The zero-order valence-corrected chi connectivity index (χ0v) is 16.9. The largest absolute Gasteiger partial charge is 0.472 e. The number of carbonyl (C=O) groups is 1. The highest BCUT2D eigenvalue weighted by Gasteiger charge is 2.43. The van der Waals surface area contributed by atoms with Crippen LogP contribution in [0.1, 0.15) is 41.6 Å². The zero-order valence-electron chi connectivity index (χ0n) is 16.1. The van der Waals surface area contributed by atoms with Crippen molar-refractivity contribution in [3.63, 3.8) is 0 Å². The van der Waals surface area contributed by atoms with Crippen molar-refractivity contribution in [2.24, 2.45) is 17.8 Å². The molecule has 1 amide bonds. The van der Waals surface area contributed by atoms with Crippen LogP contribution in [0.5, 0.6) is 0 Å². The van der Waals surface area contributed by atoms with Crippen LogP contribution in [0.3, 0.4) is 0 Å². The molecule has 3 heterocycles. The molecule has 150 valence electrons. The summed E-state index contributed by atoms with van der Waals surface area (Å²) in [6.07, 6.45) is 8.38. The van der Waals surface area contributed by atoms with E-state index in [1.807, 2.05) is 29.2 Å². The summed E-state index contributed by atoms with van der Waals surface area (Å²) in [5.74, 6) is 2.07. The van der Waals surface area contributed by atoms with Gasteiger partial charge in [0, 0.05) is 42.7 Å². The van der Waals surface area contributed by atoms with E-state index in [9.17, 15) is 4.79 Å². The highest BCUT2D eigenvalue weighted by atomic mass is 32.1. The van der Waals surface area contributed by atoms with Crippen LogP contribution in [0.25, 0.3) is 0 Å². The van der Waals surface area contributed by atoms with Crippen molar-refractivity contribution in [1.29, 1.82) is 0 Å². The standard InChI is InChI=1S/C22H28N2O3S/c25-22(17-4-6-28-14-17)23-20-7-18-10-24(9-16-3-5-26-12-16)11-19(18)8-21(20)27-13-15-1-2-15/h3-6,12,14-15,18-21H,1-2,7-11,13H2,(H,23,25)/t18-,19+,20-,21-/m0/s1. The van der Waals surface area contributed by atoms with E-state index in [1.54, 1.807) is 17.6 Å². The Hall–Kier alpha value is -1.63. The average Bonchev–Trinajstić information content (AvgIpc) is 3.09. The van der Waals surface area contributed by atoms with Gasteiger partial charge in [0.15, 0.2) is 0 Å². The number of likely N-dealkylation sites (tertiary alicyclic amines) is 1. The summed E-state index contributed by atoms with van der Waals surface area (Å²) in [6.45, 7) is 4.01. The number of hydrogen-bond acceptors (Lipinski definition) is 5. The van der Waals surface area contributed by atoms with Crippen molar-refractivity contribution >= 4 is 17.2 Å². The van der Waals surface area contributed by atoms with Crippen LogP contribution >= 0.6 is 11.3 Å². The molecule has 1 N–H and O–H groups in total. The average molecular weight is 401 g/mol. The van der Waals surface area contributed by atoms with Gasteiger partial charge in [0.2, 0.25) is 0 Å². The van der Waals surface area contributed by atoms with Gasteiger partial charge in [-0.1, -0.05) is 0 Å². The fourth-order valence-corrected chi connectivity index (χ4v) is 5.44. The minimum absolute atomic E-state index is 0.0398. The molecule has 2 aromatic heterocycles. The van der Waals surface area contributed by atoms with Crippen molar-refractivity contribution in [3.8, 4) is 0 Å². The first-order chi connectivity index (χ1) is 13.7. The number of nitrogens with one attached hydrogen (secondary N) is 1. The summed E-state index contributed by atoms with van der Waals surface area (Å²) in [7, 11) is 0. The van der Waals surface area contributed by atoms with E-state index in [1.165, 1.54) is 18.4 Å². The van der Waals surface area contributed by atoms with Crippen LogP contribution in [0.4, 0.5) is 0 Å². The van der Waals surface area contributed by atoms with Gasteiger partial charge >= 0.3 is 0 Å². The Bertz CT molecular complexity index is 772. The van der Waals surface area contributed by atoms with Crippen molar-refractivity contribution in [1.82, 2.24) is 10.2 Å². The third-order valence-corrected chi connectivity index (χ3v) is 7.20. The van der Waals surface area contributed by atoms with Gasteiger partial charge in [-0.15, -0.1) is 0 Å². The molecule has 0 unspecified atom stereocenters. The first-order valence-corrected chi connectivity index (χ1v) is 11.4. The van der Waals surface area contributed by atoms with E-state index >= 15 is 0 Å². The molecule has 6 heteroatoms. The second-order valence-corrected chi connectivity index (χ2v) is 9.50. The van der Waals surface area contributed by atoms with E-state index in [0.29, 0.717) is 11.8 Å². The molecule has 0 spiro atoms. The molecule has 0 radical (unpaired) electrons. The van der Waals surface area contributed by atoms with Crippen molar-refractivity contribution in [2.75, 3.05) is 19.7 Å². The quantitative estimate of drug-likeness (QED) is 0.769. The molecule has 5 rings (SSSR count). The number of thiophene rings is 1. The van der Waals surface area contributed by atoms with Gasteiger partial charge in [0.05, 0.1) is 24.7 Å². The lowest BCUT2D eigenvalue weighted by molar-refractivity contribution is -0.0212. The summed E-state index contributed by atoms with van der Waals surface area (Å²) >= 11 is 1.56. The molecule has 1 saturated heterocycles. The van der Waals surface area contributed by atoms with Gasteiger partial charge in [0.25, 0.3) is 5.91 Å². The molecule has 3 fully saturated rings. The van der Waals surface area contributed by atoms with E-state index in [4.69, 9.17) is 9.15 Å². The first-order valence-electron chi connectivity index (χ1n) is 10.4. The summed E-state index contributed by atoms with van der Waals surface area (Å²) in [5.41, 5.74) is 2.00. The highest BCUT2D eigenvalue weighted by molar-refractivity contribution is 7.08. The van der Waals surface area contributed by atoms with E-state index in [2.05, 4.69) is 10.2 Å². The molecule has 5 nitrogen and oxygen atoms in total. The lowest BCUT2D eigenvalue weighted by Gasteiger charge is -2.38. The molecular formula is C22H28N2O3S. The first kappa shape index (κ1) is 18.4. The number of carbonyl (C=O) groups excluding carboxylic acids is 1.